The Hall–Kier alpha value is -3.95. The number of pyridine rings is 1. The number of nitrogens with zero attached hydrogens (tertiary/aromatic N) is 3. The van der Waals surface area contributed by atoms with Gasteiger partial charge in [-0.05, 0) is 70.4 Å². The molecule has 36 heavy (non-hydrogen) atoms. The minimum Gasteiger partial charge on any atom is -0.444 e. The molecule has 1 atom stereocenters. The van der Waals surface area contributed by atoms with Gasteiger partial charge in [-0.1, -0.05) is 6.07 Å². The van der Waals surface area contributed by atoms with E-state index in [2.05, 4.69) is 20.6 Å². The van der Waals surface area contributed by atoms with Crippen LogP contribution < -0.4 is 21.2 Å². The minimum absolute atomic E-state index is 0.113. The number of hydrogen-bond donors (Lipinski definition) is 2. The van der Waals surface area contributed by atoms with Gasteiger partial charge in [0.25, 0.3) is 0 Å². The Morgan fingerprint density at radius 2 is 2.03 bits per heavy atom. The Kier molecular flexibility index (Phi) is 7.23. The van der Waals surface area contributed by atoms with Crippen LogP contribution in [0.25, 0.3) is 10.9 Å². The van der Waals surface area contributed by atoms with Crippen molar-refractivity contribution < 1.29 is 18.7 Å². The third-order valence-electron chi connectivity index (χ3n) is 5.89. The summed E-state index contributed by atoms with van der Waals surface area (Å²) in [5.74, 6) is -0.138. The maximum atomic E-state index is 13.0. The summed E-state index contributed by atoms with van der Waals surface area (Å²) in [7, 11) is 0. The van der Waals surface area contributed by atoms with E-state index in [4.69, 9.17) is 9.15 Å². The standard InChI is InChI=1S/C26H31N5O5/c1-16-18(30-25(34)36-26(2,3)4)10-11-19-21(16)23(33)35-24(29-19)31-15-7-9-20(31)22(32)28-14-12-17-8-5-6-13-27-17/h5-6,8,10-11,13,20H,7,9,12,14-15H2,1-4H3,(H,28,32)(H,30,34)/t20-/m0/s1. The molecule has 2 aromatic heterocycles. The van der Waals surface area contributed by atoms with Gasteiger partial charge >= 0.3 is 17.7 Å². The molecule has 1 aliphatic heterocycles. The number of aryl methyl sites for hydroxylation is 1. The molecule has 4 rings (SSSR count). The van der Waals surface area contributed by atoms with Gasteiger partial charge in [0.2, 0.25) is 5.91 Å². The van der Waals surface area contributed by atoms with Crippen LogP contribution >= 0.6 is 0 Å². The summed E-state index contributed by atoms with van der Waals surface area (Å²) in [6, 6.07) is 8.63. The molecule has 10 heteroatoms. The molecule has 10 nitrogen and oxygen atoms in total. The lowest BCUT2D eigenvalue weighted by Crippen LogP contribution is -2.44. The summed E-state index contributed by atoms with van der Waals surface area (Å²) in [4.78, 5) is 48.6. The number of nitrogens with one attached hydrogen (secondary N) is 2. The first-order valence-corrected chi connectivity index (χ1v) is 12.0. The molecule has 0 bridgehead atoms. The molecule has 3 heterocycles. The first kappa shape index (κ1) is 25.2. The maximum absolute atomic E-state index is 13.0. The van der Waals surface area contributed by atoms with Crippen LogP contribution in [0.5, 0.6) is 0 Å². The summed E-state index contributed by atoms with van der Waals surface area (Å²) < 4.78 is 10.9. The van der Waals surface area contributed by atoms with Gasteiger partial charge < -0.3 is 19.4 Å². The topological polar surface area (TPSA) is 127 Å². The first-order valence-electron chi connectivity index (χ1n) is 12.0. The average Bonchev–Trinajstić information content (AvgIpc) is 3.30. The van der Waals surface area contributed by atoms with Gasteiger partial charge in [0.15, 0.2) is 0 Å². The third-order valence-corrected chi connectivity index (χ3v) is 5.89. The van der Waals surface area contributed by atoms with E-state index < -0.39 is 23.4 Å². The zero-order valence-electron chi connectivity index (χ0n) is 21.0. The summed E-state index contributed by atoms with van der Waals surface area (Å²) in [6.45, 7) is 8.03. The molecule has 0 aliphatic carbocycles. The van der Waals surface area contributed by atoms with Crippen molar-refractivity contribution >= 4 is 34.6 Å². The molecule has 1 aromatic carbocycles. The number of rotatable bonds is 6. The second-order valence-corrected chi connectivity index (χ2v) is 9.76. The Morgan fingerprint density at radius 3 is 2.75 bits per heavy atom. The lowest BCUT2D eigenvalue weighted by molar-refractivity contribution is -0.122. The highest BCUT2D eigenvalue weighted by molar-refractivity contribution is 5.93. The van der Waals surface area contributed by atoms with Gasteiger partial charge in [-0.25, -0.2) is 9.59 Å². The molecule has 190 valence electrons. The van der Waals surface area contributed by atoms with Crippen LogP contribution in [0.2, 0.25) is 0 Å². The minimum atomic E-state index is -0.651. The van der Waals surface area contributed by atoms with E-state index in [0.717, 1.165) is 12.1 Å². The van der Waals surface area contributed by atoms with E-state index in [9.17, 15) is 14.4 Å². The second-order valence-electron chi connectivity index (χ2n) is 9.76. The summed E-state index contributed by atoms with van der Waals surface area (Å²) in [5.41, 5.74) is 1.05. The van der Waals surface area contributed by atoms with Crippen molar-refractivity contribution in [3.63, 3.8) is 0 Å². The summed E-state index contributed by atoms with van der Waals surface area (Å²) in [5, 5.41) is 5.89. The van der Waals surface area contributed by atoms with Crippen LogP contribution in [-0.2, 0) is 16.0 Å². The molecule has 0 radical (unpaired) electrons. The van der Waals surface area contributed by atoms with Gasteiger partial charge in [-0.15, -0.1) is 0 Å². The molecule has 3 aromatic rings. The molecular weight excluding hydrogens is 462 g/mol. The maximum Gasteiger partial charge on any atom is 0.412 e. The Morgan fingerprint density at radius 1 is 1.22 bits per heavy atom. The van der Waals surface area contributed by atoms with Gasteiger partial charge in [0.1, 0.15) is 11.6 Å². The van der Waals surface area contributed by atoms with Crippen molar-refractivity contribution in [3.8, 4) is 0 Å². The largest absolute Gasteiger partial charge is 0.444 e. The smallest absolute Gasteiger partial charge is 0.412 e. The van der Waals surface area contributed by atoms with E-state index in [1.54, 1.807) is 50.9 Å². The number of benzene rings is 1. The van der Waals surface area contributed by atoms with E-state index in [1.165, 1.54) is 0 Å². The van der Waals surface area contributed by atoms with E-state index in [-0.39, 0.29) is 17.3 Å². The van der Waals surface area contributed by atoms with Crippen molar-refractivity contribution in [2.24, 2.45) is 0 Å². The zero-order chi connectivity index (χ0) is 25.9. The summed E-state index contributed by atoms with van der Waals surface area (Å²) >= 11 is 0. The van der Waals surface area contributed by atoms with Crippen molar-refractivity contribution in [2.45, 2.75) is 58.6 Å². The van der Waals surface area contributed by atoms with E-state index >= 15 is 0 Å². The predicted octanol–water partition coefficient (Wildman–Crippen LogP) is 3.57. The molecule has 1 fully saturated rings. The fourth-order valence-corrected chi connectivity index (χ4v) is 4.23. The van der Waals surface area contributed by atoms with Crippen molar-refractivity contribution in [1.82, 2.24) is 15.3 Å². The molecule has 1 aliphatic rings. The highest BCUT2D eigenvalue weighted by Gasteiger charge is 2.33. The predicted molar refractivity (Wildman–Crippen MR) is 136 cm³/mol. The molecule has 2 N–H and O–H groups in total. The van der Waals surface area contributed by atoms with Crippen LogP contribution in [-0.4, -0.2) is 46.7 Å². The third kappa shape index (κ3) is 5.81. The van der Waals surface area contributed by atoms with Crippen molar-refractivity contribution in [1.29, 1.82) is 0 Å². The Labute approximate surface area is 209 Å². The van der Waals surface area contributed by atoms with Crippen LogP contribution in [0.4, 0.5) is 16.5 Å². The normalized spacial score (nSPS) is 15.7. The molecule has 0 spiro atoms. The number of anilines is 2. The molecule has 2 amide bonds. The number of carbonyl (C=O) groups is 2. The number of amides is 2. The monoisotopic (exact) mass is 493 g/mol. The lowest BCUT2D eigenvalue weighted by atomic mass is 10.1. The molecule has 0 saturated carbocycles. The summed E-state index contributed by atoms with van der Waals surface area (Å²) in [6.07, 6.45) is 3.15. The highest BCUT2D eigenvalue weighted by Crippen LogP contribution is 2.28. The average molecular weight is 494 g/mol. The number of aromatic nitrogens is 2. The molecular formula is C26H31N5O5. The first-order chi connectivity index (χ1) is 17.1. The zero-order valence-corrected chi connectivity index (χ0v) is 21.0. The SMILES string of the molecule is Cc1c(NC(=O)OC(C)(C)C)ccc2nc(N3CCC[C@H]3C(=O)NCCc3ccccn3)oc(=O)c12. The molecule has 1 saturated heterocycles. The van der Waals surface area contributed by atoms with Crippen LogP contribution in [0.1, 0.15) is 44.9 Å². The van der Waals surface area contributed by atoms with Gasteiger partial charge in [-0.2, -0.15) is 4.98 Å². The number of hydrogen-bond acceptors (Lipinski definition) is 8. The van der Waals surface area contributed by atoms with Gasteiger partial charge in [0.05, 0.1) is 10.9 Å². The highest BCUT2D eigenvalue weighted by atomic mass is 16.6. The van der Waals surface area contributed by atoms with Crippen LogP contribution in [0.15, 0.2) is 45.7 Å². The fraction of sp³-hybridized carbons (Fsp3) is 0.423. The van der Waals surface area contributed by atoms with Crippen LogP contribution in [0.3, 0.4) is 0 Å². The number of fused-ring (bicyclic) bond motifs is 1. The van der Waals surface area contributed by atoms with E-state index in [0.29, 0.717) is 42.7 Å². The van der Waals surface area contributed by atoms with Crippen LogP contribution in [0, 0.1) is 6.92 Å². The number of ether oxygens (including phenoxy) is 1. The number of carbonyl (C=O) groups excluding carboxylic acids is 2. The van der Waals surface area contributed by atoms with Crippen molar-refractivity contribution in [2.75, 3.05) is 23.3 Å². The fourth-order valence-electron chi connectivity index (χ4n) is 4.23. The molecule has 0 unspecified atom stereocenters. The van der Waals surface area contributed by atoms with Crippen molar-refractivity contribution in [3.05, 3.63) is 58.2 Å². The quantitative estimate of drug-likeness (QED) is 0.534. The lowest BCUT2D eigenvalue weighted by Gasteiger charge is -2.23. The Balaban J connectivity index is 1.50. The van der Waals surface area contributed by atoms with Gasteiger partial charge in [-0.3, -0.25) is 15.1 Å². The second kappa shape index (κ2) is 10.3. The van der Waals surface area contributed by atoms with Gasteiger partial charge in [0, 0.05) is 37.1 Å². The van der Waals surface area contributed by atoms with E-state index in [1.807, 2.05) is 18.2 Å². The Bertz CT molecular complexity index is 1320.